The predicted molar refractivity (Wildman–Crippen MR) is 63.9 cm³/mol. The maximum absolute atomic E-state index is 12.9. The molecule has 0 saturated carbocycles. The predicted octanol–water partition coefficient (Wildman–Crippen LogP) is 3.13. The number of hydrogen-bond acceptors (Lipinski definition) is 2. The third kappa shape index (κ3) is 5.78. The highest BCUT2D eigenvalue weighted by molar-refractivity contribution is 7.81. The van der Waals surface area contributed by atoms with Crippen molar-refractivity contribution in [2.24, 2.45) is 5.73 Å². The second-order valence-electron chi connectivity index (χ2n) is 2.75. The average Bonchev–Trinajstić information content (AvgIpc) is 2.16. The molecule has 1 atom stereocenters. The molecule has 0 aromatic rings. The Morgan fingerprint density at radius 3 is 2.57 bits per heavy atom. The number of nitrogens with two attached hydrogens (primary N) is 1. The topological polar surface area (TPSA) is 26.0 Å². The lowest BCUT2D eigenvalue weighted by atomic mass is 10.1. The number of thiol groups is 1. The van der Waals surface area contributed by atoms with E-state index in [1.807, 2.05) is 6.08 Å². The minimum atomic E-state index is -0.814. The van der Waals surface area contributed by atoms with Crippen molar-refractivity contribution in [2.75, 3.05) is 0 Å². The van der Waals surface area contributed by atoms with Gasteiger partial charge in [0.1, 0.15) is 11.2 Å². The van der Waals surface area contributed by atoms with Gasteiger partial charge in [0.2, 0.25) is 0 Å². The van der Waals surface area contributed by atoms with Crippen LogP contribution in [0.1, 0.15) is 12.8 Å². The first-order valence-corrected chi connectivity index (χ1v) is 4.86. The van der Waals surface area contributed by atoms with E-state index in [0.717, 1.165) is 12.0 Å². The summed E-state index contributed by atoms with van der Waals surface area (Å²) in [5.74, 6) is -0.393. The summed E-state index contributed by atoms with van der Waals surface area (Å²) < 4.78 is 12.9. The van der Waals surface area contributed by atoms with Crippen LogP contribution >= 0.6 is 12.6 Å². The van der Waals surface area contributed by atoms with E-state index in [2.05, 4.69) is 25.8 Å². The summed E-state index contributed by atoms with van der Waals surface area (Å²) in [6.45, 7) is 7.22. The summed E-state index contributed by atoms with van der Waals surface area (Å²) in [6, 6.07) is 0. The van der Waals surface area contributed by atoms with Crippen LogP contribution in [-0.2, 0) is 0 Å². The minimum Gasteiger partial charge on any atom is -0.314 e. The monoisotopic (exact) mass is 213 g/mol. The van der Waals surface area contributed by atoms with Crippen LogP contribution in [0.4, 0.5) is 4.39 Å². The fourth-order valence-electron chi connectivity index (χ4n) is 0.902. The van der Waals surface area contributed by atoms with Crippen molar-refractivity contribution in [3.63, 3.8) is 0 Å². The number of allylic oxidation sites excluding steroid dienone is 5. The quantitative estimate of drug-likeness (QED) is 0.396. The third-order valence-corrected chi connectivity index (χ3v) is 1.90. The molecule has 0 fully saturated rings. The Hall–Kier alpha value is -0.800. The van der Waals surface area contributed by atoms with Crippen LogP contribution in [0, 0.1) is 0 Å². The zero-order valence-corrected chi connectivity index (χ0v) is 9.01. The lowest BCUT2D eigenvalue weighted by molar-refractivity contribution is 0.598. The molecule has 2 N–H and O–H groups in total. The van der Waals surface area contributed by atoms with Gasteiger partial charge in [-0.1, -0.05) is 37.5 Å². The molecule has 0 rings (SSSR count). The Kier molecular flexibility index (Phi) is 7.16. The zero-order valence-electron chi connectivity index (χ0n) is 8.12. The molecule has 0 heterocycles. The van der Waals surface area contributed by atoms with Gasteiger partial charge in [0.05, 0.1) is 0 Å². The summed E-state index contributed by atoms with van der Waals surface area (Å²) in [6.07, 6.45) is 8.02. The molecule has 0 saturated heterocycles. The smallest absolute Gasteiger partial charge is 0.123 e. The van der Waals surface area contributed by atoms with E-state index in [0.29, 0.717) is 6.42 Å². The molecular weight excluding hydrogens is 197 g/mol. The molecule has 14 heavy (non-hydrogen) atoms. The van der Waals surface area contributed by atoms with Crippen LogP contribution in [0.25, 0.3) is 0 Å². The van der Waals surface area contributed by atoms with Gasteiger partial charge < -0.3 is 5.73 Å². The van der Waals surface area contributed by atoms with E-state index in [-0.39, 0.29) is 0 Å². The summed E-state index contributed by atoms with van der Waals surface area (Å²) >= 11 is 3.77. The van der Waals surface area contributed by atoms with Gasteiger partial charge >= 0.3 is 0 Å². The maximum atomic E-state index is 12.9. The normalized spacial score (nSPS) is 15.1. The second-order valence-corrected chi connectivity index (χ2v) is 3.31. The van der Waals surface area contributed by atoms with Gasteiger partial charge in [0, 0.05) is 0 Å². The molecule has 3 heteroatoms. The Bertz CT molecular complexity index is 254. The van der Waals surface area contributed by atoms with Gasteiger partial charge in [-0.25, -0.2) is 4.39 Å². The van der Waals surface area contributed by atoms with Crippen molar-refractivity contribution in [1.82, 2.24) is 0 Å². The second kappa shape index (κ2) is 7.59. The Balaban J connectivity index is 4.05. The van der Waals surface area contributed by atoms with Crippen molar-refractivity contribution in [3.05, 3.63) is 48.9 Å². The first-order chi connectivity index (χ1) is 6.61. The van der Waals surface area contributed by atoms with E-state index < -0.39 is 11.2 Å². The standard InChI is InChI=1S/C11H16FNS/c1-3-6-9(4-2)7-5-8-10(12)11(13)14/h3-4,6,8,11,14H,1-2,5,7,13H2/b9-6+,10-8-/t11-/m1/s1. The molecule has 0 aliphatic heterocycles. The van der Waals surface area contributed by atoms with E-state index in [1.54, 1.807) is 12.2 Å². The lowest BCUT2D eigenvalue weighted by Crippen LogP contribution is -2.11. The zero-order chi connectivity index (χ0) is 11.0. The first kappa shape index (κ1) is 13.2. The summed E-state index contributed by atoms with van der Waals surface area (Å²) in [7, 11) is 0. The van der Waals surface area contributed by atoms with E-state index in [1.165, 1.54) is 6.08 Å². The van der Waals surface area contributed by atoms with Gasteiger partial charge in [0.15, 0.2) is 0 Å². The summed E-state index contributed by atoms with van der Waals surface area (Å²) in [5, 5.41) is -0.814. The number of halogens is 1. The van der Waals surface area contributed by atoms with E-state index in [9.17, 15) is 4.39 Å². The first-order valence-electron chi connectivity index (χ1n) is 4.35. The number of hydrogen-bond donors (Lipinski definition) is 2. The molecule has 0 unspecified atom stereocenters. The van der Waals surface area contributed by atoms with Crippen LogP contribution in [0.2, 0.25) is 0 Å². The molecule has 0 aliphatic rings. The SMILES string of the molecule is C=C/C=C(\C=C)CC/C=C(\F)[C@H](N)S. The fourth-order valence-corrected chi connectivity index (χ4v) is 1.01. The highest BCUT2D eigenvalue weighted by Gasteiger charge is 2.00. The van der Waals surface area contributed by atoms with Crippen LogP contribution in [0.5, 0.6) is 0 Å². The van der Waals surface area contributed by atoms with Gasteiger partial charge in [-0.05, 0) is 18.4 Å². The minimum absolute atomic E-state index is 0.393. The molecule has 0 aromatic carbocycles. The van der Waals surface area contributed by atoms with Crippen molar-refractivity contribution in [2.45, 2.75) is 18.2 Å². The largest absolute Gasteiger partial charge is 0.314 e. The molecule has 0 aliphatic carbocycles. The van der Waals surface area contributed by atoms with Gasteiger partial charge in [0.25, 0.3) is 0 Å². The van der Waals surface area contributed by atoms with Crippen molar-refractivity contribution >= 4 is 12.6 Å². The molecule has 1 nitrogen and oxygen atoms in total. The van der Waals surface area contributed by atoms with Crippen molar-refractivity contribution in [3.8, 4) is 0 Å². The summed E-state index contributed by atoms with van der Waals surface area (Å²) in [4.78, 5) is 0. The van der Waals surface area contributed by atoms with Crippen LogP contribution in [0.15, 0.2) is 48.9 Å². The van der Waals surface area contributed by atoms with Crippen LogP contribution in [0.3, 0.4) is 0 Å². The highest BCUT2D eigenvalue weighted by Crippen LogP contribution is 2.11. The molecule has 78 valence electrons. The Labute approximate surface area is 90.3 Å². The van der Waals surface area contributed by atoms with Gasteiger partial charge in [-0.15, -0.1) is 0 Å². The molecule has 0 amide bonds. The van der Waals surface area contributed by atoms with E-state index >= 15 is 0 Å². The average molecular weight is 213 g/mol. The molecular formula is C11H16FNS. The van der Waals surface area contributed by atoms with Crippen LogP contribution in [-0.4, -0.2) is 5.37 Å². The van der Waals surface area contributed by atoms with Crippen LogP contribution < -0.4 is 5.73 Å². The number of rotatable bonds is 6. The Morgan fingerprint density at radius 1 is 1.50 bits per heavy atom. The Morgan fingerprint density at radius 2 is 2.14 bits per heavy atom. The lowest BCUT2D eigenvalue weighted by Gasteiger charge is -2.01. The van der Waals surface area contributed by atoms with Crippen molar-refractivity contribution < 1.29 is 4.39 Å². The molecule has 0 radical (unpaired) electrons. The molecule has 0 aromatic heterocycles. The molecule has 0 spiro atoms. The fraction of sp³-hybridized carbons (Fsp3) is 0.273. The highest BCUT2D eigenvalue weighted by atomic mass is 32.1. The van der Waals surface area contributed by atoms with E-state index in [4.69, 9.17) is 5.73 Å². The third-order valence-electron chi connectivity index (χ3n) is 1.65. The van der Waals surface area contributed by atoms with Gasteiger partial charge in [-0.2, -0.15) is 12.6 Å². The summed E-state index contributed by atoms with van der Waals surface area (Å²) in [5.41, 5.74) is 6.24. The van der Waals surface area contributed by atoms with Crippen molar-refractivity contribution in [1.29, 1.82) is 0 Å². The molecule has 0 bridgehead atoms. The van der Waals surface area contributed by atoms with Gasteiger partial charge in [-0.3, -0.25) is 0 Å². The maximum Gasteiger partial charge on any atom is 0.123 e.